The summed E-state index contributed by atoms with van der Waals surface area (Å²) in [6, 6.07) is 4.03. The number of piperidine rings is 1. The molecule has 8 nitrogen and oxygen atoms in total. The van der Waals surface area contributed by atoms with Gasteiger partial charge in [0.1, 0.15) is 0 Å². The number of aromatic amines is 1. The Morgan fingerprint density at radius 3 is 2.96 bits per heavy atom. The molecular formula is C20H24N4O4. The van der Waals surface area contributed by atoms with Crippen molar-refractivity contribution >= 4 is 5.91 Å². The summed E-state index contributed by atoms with van der Waals surface area (Å²) in [4.78, 5) is 21.9. The van der Waals surface area contributed by atoms with Gasteiger partial charge in [0, 0.05) is 50.4 Å². The number of nitrogens with one attached hydrogen (secondary N) is 2. The van der Waals surface area contributed by atoms with E-state index in [0.717, 1.165) is 43.1 Å². The lowest BCUT2D eigenvalue weighted by Crippen LogP contribution is -2.32. The minimum absolute atomic E-state index is 0.171. The molecule has 2 aliphatic heterocycles. The lowest BCUT2D eigenvalue weighted by Gasteiger charge is -2.20. The summed E-state index contributed by atoms with van der Waals surface area (Å²) in [7, 11) is 1.64. The van der Waals surface area contributed by atoms with Gasteiger partial charge in [-0.1, -0.05) is 0 Å². The van der Waals surface area contributed by atoms with Crippen LogP contribution in [-0.4, -0.2) is 54.3 Å². The van der Waals surface area contributed by atoms with Gasteiger partial charge in [-0.15, -0.1) is 0 Å². The van der Waals surface area contributed by atoms with Crippen molar-refractivity contribution in [3.05, 3.63) is 35.9 Å². The molecule has 2 aromatic rings. The van der Waals surface area contributed by atoms with E-state index in [9.17, 15) is 4.79 Å². The van der Waals surface area contributed by atoms with Gasteiger partial charge in [0.15, 0.2) is 11.5 Å². The topological polar surface area (TPSA) is 88.7 Å². The number of carbonyl (C=O) groups is 1. The monoisotopic (exact) mass is 384 g/mol. The van der Waals surface area contributed by atoms with Gasteiger partial charge in [-0.25, -0.2) is 4.98 Å². The van der Waals surface area contributed by atoms with Crippen LogP contribution in [0.25, 0.3) is 0 Å². The summed E-state index contributed by atoms with van der Waals surface area (Å²) in [5.41, 5.74) is 2.18. The van der Waals surface area contributed by atoms with Gasteiger partial charge in [-0.05, 0) is 29.5 Å². The number of hydrogen-bond donors (Lipinski definition) is 2. The Kier molecular flexibility index (Phi) is 4.35. The Morgan fingerprint density at radius 1 is 1.36 bits per heavy atom. The van der Waals surface area contributed by atoms with E-state index in [1.165, 1.54) is 0 Å². The second kappa shape index (κ2) is 7.01. The van der Waals surface area contributed by atoms with Crippen molar-refractivity contribution < 1.29 is 19.0 Å². The van der Waals surface area contributed by atoms with Crippen LogP contribution in [0.4, 0.5) is 0 Å². The fourth-order valence-corrected chi connectivity index (χ4v) is 4.52. The summed E-state index contributed by atoms with van der Waals surface area (Å²) in [5.74, 6) is 3.45. The Labute approximate surface area is 163 Å². The molecule has 148 valence electrons. The first kappa shape index (κ1) is 17.4. The molecule has 2 fully saturated rings. The number of hydrogen-bond acceptors (Lipinski definition) is 6. The van der Waals surface area contributed by atoms with Gasteiger partial charge < -0.3 is 24.5 Å². The third kappa shape index (κ3) is 3.17. The normalized spacial score (nSPS) is 24.8. The molecule has 28 heavy (non-hydrogen) atoms. The molecule has 1 amide bonds. The molecule has 0 radical (unpaired) electrons. The van der Waals surface area contributed by atoms with E-state index in [1.54, 1.807) is 19.6 Å². The second-order valence-corrected chi connectivity index (χ2v) is 7.70. The maximum atomic E-state index is 12.4. The molecule has 1 saturated heterocycles. The molecule has 8 heteroatoms. The molecule has 5 rings (SSSR count). The second-order valence-electron chi connectivity index (χ2n) is 7.70. The first-order valence-corrected chi connectivity index (χ1v) is 9.67. The summed E-state index contributed by atoms with van der Waals surface area (Å²) in [5, 5.41) is 3.07. The Bertz CT molecular complexity index is 857. The van der Waals surface area contributed by atoms with Gasteiger partial charge in [0.25, 0.3) is 0 Å². The minimum Gasteiger partial charge on any atom is -0.493 e. The number of aromatic nitrogens is 2. The lowest BCUT2D eigenvalue weighted by atomic mass is 10.1. The first-order valence-electron chi connectivity index (χ1n) is 9.67. The van der Waals surface area contributed by atoms with Crippen molar-refractivity contribution in [2.45, 2.75) is 13.0 Å². The number of methoxy groups -OCH3 is 1. The summed E-state index contributed by atoms with van der Waals surface area (Å²) < 4.78 is 16.4. The van der Waals surface area contributed by atoms with E-state index >= 15 is 0 Å². The fraction of sp³-hybridized carbons (Fsp3) is 0.500. The Hall–Kier alpha value is -2.74. The van der Waals surface area contributed by atoms with Crippen LogP contribution in [-0.2, 0) is 17.8 Å². The molecule has 1 saturated carbocycles. The molecular weight excluding hydrogens is 360 g/mol. The van der Waals surface area contributed by atoms with Gasteiger partial charge in [-0.2, -0.15) is 0 Å². The number of ether oxygens (including phenoxy) is 3. The summed E-state index contributed by atoms with van der Waals surface area (Å²) >= 11 is 0. The highest BCUT2D eigenvalue weighted by atomic mass is 16.7. The quantitative estimate of drug-likeness (QED) is 0.745. The first-order chi connectivity index (χ1) is 13.7. The van der Waals surface area contributed by atoms with Crippen LogP contribution in [0.2, 0.25) is 0 Å². The van der Waals surface area contributed by atoms with Crippen molar-refractivity contribution in [1.82, 2.24) is 20.2 Å². The number of likely N-dealkylation sites (tertiary alicyclic amines) is 1. The number of fused-ring (bicyclic) bond motifs is 2. The molecule has 0 spiro atoms. The number of rotatable bonds is 7. The highest BCUT2D eigenvalue weighted by Crippen LogP contribution is 2.52. The number of imidazole rings is 1. The zero-order valence-corrected chi connectivity index (χ0v) is 15.8. The molecule has 1 aliphatic carbocycles. The van der Waals surface area contributed by atoms with Crippen LogP contribution in [0.15, 0.2) is 24.7 Å². The third-order valence-electron chi connectivity index (χ3n) is 5.95. The summed E-state index contributed by atoms with van der Waals surface area (Å²) in [6.07, 6.45) is 4.24. The maximum absolute atomic E-state index is 12.4. The predicted octanol–water partition coefficient (Wildman–Crippen LogP) is 1.18. The minimum atomic E-state index is 0.171. The fourth-order valence-electron chi connectivity index (χ4n) is 4.52. The van der Waals surface area contributed by atoms with Gasteiger partial charge >= 0.3 is 0 Å². The Morgan fingerprint density at radius 2 is 2.21 bits per heavy atom. The largest absolute Gasteiger partial charge is 0.493 e. The molecule has 3 atom stereocenters. The molecule has 1 aromatic heterocycles. The predicted molar refractivity (Wildman–Crippen MR) is 100 cm³/mol. The number of benzene rings is 1. The highest BCUT2D eigenvalue weighted by Gasteiger charge is 2.59. The van der Waals surface area contributed by atoms with E-state index in [4.69, 9.17) is 14.2 Å². The molecule has 0 bridgehead atoms. The van der Waals surface area contributed by atoms with Crippen LogP contribution in [0.3, 0.4) is 0 Å². The lowest BCUT2D eigenvalue weighted by molar-refractivity contribution is -0.123. The van der Waals surface area contributed by atoms with Crippen molar-refractivity contribution in [2.24, 2.45) is 17.8 Å². The molecule has 3 aliphatic rings. The average Bonchev–Trinajstić information content (AvgIpc) is 3.19. The number of amides is 1. The third-order valence-corrected chi connectivity index (χ3v) is 5.95. The van der Waals surface area contributed by atoms with Gasteiger partial charge in [0.05, 0.1) is 13.4 Å². The standard InChI is InChI=1S/C20H24N4O4/c1-26-16-4-12(5-17-19(16)28-11-27-17)7-24-8-14-15(9-24)18(14)20(25)22-3-2-13-6-21-10-23-13/h4-6,10,14-15,18H,2-3,7-9,11H2,1H3,(H,21,23)(H,22,25)/t14-,15+,18?. The number of carbonyl (C=O) groups excluding carboxylic acids is 1. The van der Waals surface area contributed by atoms with Crippen LogP contribution in [0, 0.1) is 17.8 Å². The van der Waals surface area contributed by atoms with Crippen LogP contribution in [0.1, 0.15) is 11.3 Å². The Balaban J connectivity index is 1.12. The van der Waals surface area contributed by atoms with E-state index in [2.05, 4.69) is 20.2 Å². The SMILES string of the molecule is COc1cc(CN2C[C@@H]3C(C(=O)NCCc4cnc[nH]4)[C@@H]3C2)cc2c1OCO2. The van der Waals surface area contributed by atoms with Crippen LogP contribution in [0.5, 0.6) is 17.2 Å². The van der Waals surface area contributed by atoms with Gasteiger partial charge in [-0.3, -0.25) is 9.69 Å². The van der Waals surface area contributed by atoms with Crippen molar-refractivity contribution in [1.29, 1.82) is 0 Å². The van der Waals surface area contributed by atoms with E-state index in [-0.39, 0.29) is 18.6 Å². The molecule has 3 heterocycles. The van der Waals surface area contributed by atoms with Crippen molar-refractivity contribution in [3.8, 4) is 17.2 Å². The smallest absolute Gasteiger partial charge is 0.231 e. The molecule has 1 aromatic carbocycles. The molecule has 2 N–H and O–H groups in total. The van der Waals surface area contributed by atoms with Crippen LogP contribution >= 0.6 is 0 Å². The van der Waals surface area contributed by atoms with Gasteiger partial charge in [0.2, 0.25) is 18.4 Å². The van der Waals surface area contributed by atoms with Crippen LogP contribution < -0.4 is 19.5 Å². The average molecular weight is 384 g/mol. The number of H-pyrrole nitrogens is 1. The molecule has 1 unspecified atom stereocenters. The number of nitrogens with zero attached hydrogens (tertiary/aromatic N) is 2. The van der Waals surface area contributed by atoms with E-state index in [0.29, 0.717) is 29.9 Å². The zero-order chi connectivity index (χ0) is 19.1. The van der Waals surface area contributed by atoms with Crippen molar-refractivity contribution in [3.63, 3.8) is 0 Å². The zero-order valence-electron chi connectivity index (χ0n) is 15.8. The summed E-state index contributed by atoms with van der Waals surface area (Å²) in [6.45, 7) is 3.63. The van der Waals surface area contributed by atoms with E-state index < -0.39 is 0 Å². The maximum Gasteiger partial charge on any atom is 0.231 e. The van der Waals surface area contributed by atoms with E-state index in [1.807, 2.05) is 12.1 Å². The van der Waals surface area contributed by atoms with Crippen molar-refractivity contribution in [2.75, 3.05) is 33.5 Å². The highest BCUT2D eigenvalue weighted by molar-refractivity contribution is 5.82.